The van der Waals surface area contributed by atoms with Crippen LogP contribution in [-0.4, -0.2) is 34.9 Å². The molecule has 2 N–H and O–H groups in total. The van der Waals surface area contributed by atoms with Gasteiger partial charge in [-0.25, -0.2) is 13.8 Å². The molecule has 1 aromatic heterocycles. The van der Waals surface area contributed by atoms with Gasteiger partial charge in [-0.1, -0.05) is 0 Å². The minimum absolute atomic E-state index is 0.0367. The summed E-state index contributed by atoms with van der Waals surface area (Å²) >= 11 is 0. The van der Waals surface area contributed by atoms with Crippen LogP contribution in [0.3, 0.4) is 0 Å². The van der Waals surface area contributed by atoms with Crippen LogP contribution in [0.15, 0.2) is 28.8 Å². The zero-order valence-electron chi connectivity index (χ0n) is 13.2. The Bertz CT molecular complexity index is 724. The summed E-state index contributed by atoms with van der Waals surface area (Å²) in [6, 6.07) is 3.43. The van der Waals surface area contributed by atoms with E-state index < -0.39 is 11.6 Å². The maximum atomic E-state index is 13.7. The van der Waals surface area contributed by atoms with Crippen molar-refractivity contribution in [3.8, 4) is 11.3 Å². The smallest absolute Gasteiger partial charge is 0.223 e. The number of hydrogen-bond donors (Lipinski definition) is 1. The van der Waals surface area contributed by atoms with Crippen molar-refractivity contribution in [2.75, 3.05) is 13.1 Å². The van der Waals surface area contributed by atoms with E-state index in [0.29, 0.717) is 25.4 Å². The molecular weight excluding hydrogens is 316 g/mol. The first-order valence-electron chi connectivity index (χ1n) is 7.96. The Morgan fingerprint density at radius 3 is 2.79 bits per heavy atom. The van der Waals surface area contributed by atoms with Crippen molar-refractivity contribution in [3.63, 3.8) is 0 Å². The number of oxazole rings is 1. The first kappa shape index (κ1) is 16.6. The zero-order valence-corrected chi connectivity index (χ0v) is 13.2. The lowest BCUT2D eigenvalue weighted by Crippen LogP contribution is -2.42. The predicted molar refractivity (Wildman–Crippen MR) is 84.0 cm³/mol. The fourth-order valence-corrected chi connectivity index (χ4v) is 2.76. The molecule has 1 aromatic carbocycles. The largest absolute Gasteiger partial charge is 0.441 e. The SMILES string of the molecule is NC1CCN(C(=O)CCc2ncc(-c3ccc(F)cc3F)o2)CC1. The summed E-state index contributed by atoms with van der Waals surface area (Å²) in [5.74, 6) is -0.745. The lowest BCUT2D eigenvalue weighted by atomic mass is 10.1. The number of carbonyl (C=O) groups is 1. The van der Waals surface area contributed by atoms with Crippen LogP contribution in [-0.2, 0) is 11.2 Å². The molecule has 128 valence electrons. The van der Waals surface area contributed by atoms with Gasteiger partial charge in [0.25, 0.3) is 0 Å². The third-order valence-corrected chi connectivity index (χ3v) is 4.20. The molecule has 24 heavy (non-hydrogen) atoms. The van der Waals surface area contributed by atoms with Crippen LogP contribution in [0.25, 0.3) is 11.3 Å². The second-order valence-electron chi connectivity index (χ2n) is 5.96. The van der Waals surface area contributed by atoms with Crippen LogP contribution >= 0.6 is 0 Å². The number of piperidine rings is 1. The number of aryl methyl sites for hydroxylation is 1. The molecule has 0 spiro atoms. The van der Waals surface area contributed by atoms with E-state index in [9.17, 15) is 13.6 Å². The third-order valence-electron chi connectivity index (χ3n) is 4.20. The summed E-state index contributed by atoms with van der Waals surface area (Å²) in [5.41, 5.74) is 5.97. The van der Waals surface area contributed by atoms with Crippen molar-refractivity contribution in [1.82, 2.24) is 9.88 Å². The molecule has 1 fully saturated rings. The van der Waals surface area contributed by atoms with Gasteiger partial charge in [0.2, 0.25) is 5.91 Å². The highest BCUT2D eigenvalue weighted by Gasteiger charge is 2.21. The van der Waals surface area contributed by atoms with E-state index >= 15 is 0 Å². The minimum atomic E-state index is -0.710. The standard InChI is InChI=1S/C17H19F2N3O2/c18-11-1-2-13(14(19)9-11)15-10-21-16(24-15)3-4-17(23)22-7-5-12(20)6-8-22/h1-2,9-10,12H,3-8,20H2. The topological polar surface area (TPSA) is 72.4 Å². The van der Waals surface area contributed by atoms with Crippen LogP contribution in [0, 0.1) is 11.6 Å². The predicted octanol–water partition coefficient (Wildman–Crippen LogP) is 2.50. The molecule has 0 bridgehead atoms. The number of nitrogens with zero attached hydrogens (tertiary/aromatic N) is 2. The van der Waals surface area contributed by atoms with Crippen molar-refractivity contribution in [3.05, 3.63) is 41.9 Å². The molecule has 0 atom stereocenters. The quantitative estimate of drug-likeness (QED) is 0.932. The van der Waals surface area contributed by atoms with Crippen molar-refractivity contribution in [2.24, 2.45) is 5.73 Å². The normalized spacial score (nSPS) is 15.7. The molecule has 1 aliphatic rings. The number of hydrogen-bond acceptors (Lipinski definition) is 4. The van der Waals surface area contributed by atoms with Gasteiger partial charge in [0.05, 0.1) is 11.8 Å². The number of halogens is 2. The number of aromatic nitrogens is 1. The molecule has 1 amide bonds. The summed E-state index contributed by atoms with van der Waals surface area (Å²) in [5, 5.41) is 0. The molecule has 3 rings (SSSR count). The number of amides is 1. The summed E-state index contributed by atoms with van der Waals surface area (Å²) in [6.45, 7) is 1.36. The molecule has 7 heteroatoms. The van der Waals surface area contributed by atoms with Gasteiger partial charge >= 0.3 is 0 Å². The average Bonchev–Trinajstić information content (AvgIpc) is 3.02. The highest BCUT2D eigenvalue weighted by Crippen LogP contribution is 2.24. The Balaban J connectivity index is 1.59. The van der Waals surface area contributed by atoms with Crippen molar-refractivity contribution in [1.29, 1.82) is 0 Å². The van der Waals surface area contributed by atoms with E-state index in [0.717, 1.165) is 25.0 Å². The first-order chi connectivity index (χ1) is 11.5. The molecule has 0 unspecified atom stereocenters. The van der Waals surface area contributed by atoms with Gasteiger partial charge in [-0.2, -0.15) is 0 Å². The lowest BCUT2D eigenvalue weighted by molar-refractivity contribution is -0.132. The Kier molecular flexibility index (Phi) is 4.89. The second-order valence-corrected chi connectivity index (χ2v) is 5.96. The Morgan fingerprint density at radius 2 is 2.08 bits per heavy atom. The van der Waals surface area contributed by atoms with Gasteiger partial charge in [-0.15, -0.1) is 0 Å². The third kappa shape index (κ3) is 3.79. The van der Waals surface area contributed by atoms with Gasteiger partial charge in [-0.05, 0) is 25.0 Å². The average molecular weight is 335 g/mol. The highest BCUT2D eigenvalue weighted by atomic mass is 19.1. The van der Waals surface area contributed by atoms with Crippen molar-refractivity contribution < 1.29 is 18.0 Å². The molecule has 2 heterocycles. The van der Waals surface area contributed by atoms with Gasteiger partial charge in [-0.3, -0.25) is 4.79 Å². The monoisotopic (exact) mass is 335 g/mol. The summed E-state index contributed by atoms with van der Waals surface area (Å²) < 4.78 is 32.2. The Labute approximate surface area is 138 Å². The molecule has 5 nitrogen and oxygen atoms in total. The fraction of sp³-hybridized carbons (Fsp3) is 0.412. The van der Waals surface area contributed by atoms with Crippen molar-refractivity contribution >= 4 is 5.91 Å². The highest BCUT2D eigenvalue weighted by molar-refractivity contribution is 5.76. The van der Waals surface area contributed by atoms with E-state index in [1.165, 1.54) is 12.3 Å². The van der Waals surface area contributed by atoms with E-state index in [4.69, 9.17) is 10.2 Å². The maximum Gasteiger partial charge on any atom is 0.223 e. The molecule has 1 saturated heterocycles. The van der Waals surface area contributed by atoms with Crippen LogP contribution < -0.4 is 5.73 Å². The van der Waals surface area contributed by atoms with Crippen molar-refractivity contribution in [2.45, 2.75) is 31.7 Å². The number of likely N-dealkylation sites (tertiary alicyclic amines) is 1. The molecule has 0 saturated carbocycles. The van der Waals surface area contributed by atoms with Crippen LogP contribution in [0.1, 0.15) is 25.2 Å². The molecular formula is C17H19F2N3O2. The molecule has 0 radical (unpaired) electrons. The molecule has 0 aliphatic carbocycles. The summed E-state index contributed by atoms with van der Waals surface area (Å²) in [6.07, 6.45) is 3.64. The summed E-state index contributed by atoms with van der Waals surface area (Å²) in [4.78, 5) is 18.0. The van der Waals surface area contributed by atoms with Crippen LogP contribution in [0.4, 0.5) is 8.78 Å². The second kappa shape index (κ2) is 7.09. The number of carbonyl (C=O) groups excluding carboxylic acids is 1. The fourth-order valence-electron chi connectivity index (χ4n) is 2.76. The van der Waals surface area contributed by atoms with Gasteiger partial charge in [0.15, 0.2) is 11.7 Å². The van der Waals surface area contributed by atoms with E-state index in [1.807, 2.05) is 0 Å². The number of rotatable bonds is 4. The van der Waals surface area contributed by atoms with E-state index in [2.05, 4.69) is 4.98 Å². The Morgan fingerprint density at radius 1 is 1.33 bits per heavy atom. The first-order valence-corrected chi connectivity index (χ1v) is 7.96. The van der Waals surface area contributed by atoms with E-state index in [1.54, 1.807) is 4.90 Å². The van der Waals surface area contributed by atoms with Crippen LogP contribution in [0.2, 0.25) is 0 Å². The lowest BCUT2D eigenvalue weighted by Gasteiger charge is -2.30. The number of nitrogens with two attached hydrogens (primary N) is 1. The molecule has 2 aromatic rings. The number of benzene rings is 1. The minimum Gasteiger partial charge on any atom is -0.441 e. The van der Waals surface area contributed by atoms with Gasteiger partial charge < -0.3 is 15.1 Å². The van der Waals surface area contributed by atoms with Gasteiger partial charge in [0.1, 0.15) is 11.6 Å². The Hall–Kier alpha value is -2.28. The van der Waals surface area contributed by atoms with Gasteiger partial charge in [0, 0.05) is 38.0 Å². The maximum absolute atomic E-state index is 13.7. The molecule has 1 aliphatic heterocycles. The van der Waals surface area contributed by atoms with Crippen LogP contribution in [0.5, 0.6) is 0 Å². The summed E-state index contributed by atoms with van der Waals surface area (Å²) in [7, 11) is 0. The zero-order chi connectivity index (χ0) is 17.1. The van der Waals surface area contributed by atoms with E-state index in [-0.39, 0.29) is 29.7 Å².